The van der Waals surface area contributed by atoms with Gasteiger partial charge in [-0.3, -0.25) is 6.08 Å². The van der Waals surface area contributed by atoms with Crippen LogP contribution in [-0.2, 0) is 25.8 Å². The molecule has 1 nitrogen and oxygen atoms in total. The maximum atomic E-state index is 3.74. The summed E-state index contributed by atoms with van der Waals surface area (Å²) >= 11 is 0. The third-order valence-electron chi connectivity index (χ3n) is 0.902. The van der Waals surface area contributed by atoms with E-state index in [4.69, 9.17) is 0 Å². The summed E-state index contributed by atoms with van der Waals surface area (Å²) in [6.45, 7) is 2.96. The Bertz CT molecular complexity index is 85.4. The summed E-state index contributed by atoms with van der Waals surface area (Å²) in [6, 6.07) is 0. The molecule has 56 valence electrons. The normalized spacial score (nSPS) is 11.8. The first-order valence-corrected chi connectivity index (χ1v) is 3.19. The van der Waals surface area contributed by atoms with Crippen molar-refractivity contribution in [3.05, 3.63) is 29.6 Å². The van der Waals surface area contributed by atoms with Gasteiger partial charge in [0.1, 0.15) is 0 Å². The molecule has 0 atom stereocenters. The van der Waals surface area contributed by atoms with Gasteiger partial charge in [-0.05, 0) is 0 Å². The van der Waals surface area contributed by atoms with Crippen LogP contribution in [0.4, 0.5) is 0 Å². The van der Waals surface area contributed by atoms with Crippen LogP contribution < -0.4 is 0 Å². The second-order valence-electron chi connectivity index (χ2n) is 1.64. The van der Waals surface area contributed by atoms with Crippen molar-refractivity contribution < 1.29 is 25.8 Å². The van der Waals surface area contributed by atoms with Gasteiger partial charge < -0.3 is 5.32 Å². The van der Waals surface area contributed by atoms with E-state index in [9.17, 15) is 0 Å². The van der Waals surface area contributed by atoms with E-state index in [-0.39, 0.29) is 25.8 Å². The second kappa shape index (κ2) is 12.0. The molecule has 0 unspecified atom stereocenters. The predicted molar refractivity (Wildman–Crippen MR) is 41.4 cm³/mol. The SMILES string of the molecule is CC[N-]C.[C-]1=CC=CC1.[Hf]. The van der Waals surface area contributed by atoms with Gasteiger partial charge >= 0.3 is 0 Å². The van der Waals surface area contributed by atoms with Crippen molar-refractivity contribution in [1.82, 2.24) is 0 Å². The first kappa shape index (κ1) is 12.9. The van der Waals surface area contributed by atoms with E-state index < -0.39 is 0 Å². The first-order chi connectivity index (χ1) is 4.41. The molecule has 2 heteroatoms. The minimum Gasteiger partial charge on any atom is -0.665 e. The van der Waals surface area contributed by atoms with Crippen molar-refractivity contribution in [2.75, 3.05) is 13.6 Å². The predicted octanol–water partition coefficient (Wildman–Crippen LogP) is 2.31. The molecule has 0 fully saturated rings. The van der Waals surface area contributed by atoms with Crippen LogP contribution in [0.3, 0.4) is 0 Å². The van der Waals surface area contributed by atoms with Crippen LogP contribution in [0.5, 0.6) is 0 Å². The zero-order chi connectivity index (χ0) is 6.95. The summed E-state index contributed by atoms with van der Waals surface area (Å²) in [6.07, 6.45) is 10.0. The Labute approximate surface area is 82.4 Å². The third-order valence-corrected chi connectivity index (χ3v) is 0.902. The third kappa shape index (κ3) is 11.2. The van der Waals surface area contributed by atoms with E-state index in [2.05, 4.69) is 17.5 Å². The Morgan fingerprint density at radius 2 is 2.20 bits per heavy atom. The zero-order valence-electron chi connectivity index (χ0n) is 6.59. The molecule has 0 aromatic rings. The molecule has 1 aliphatic rings. The number of nitrogens with zero attached hydrogens (tertiary/aromatic N) is 1. The van der Waals surface area contributed by atoms with E-state index in [1.807, 2.05) is 19.1 Å². The van der Waals surface area contributed by atoms with Gasteiger partial charge in [-0.25, -0.2) is 12.2 Å². The van der Waals surface area contributed by atoms with Crippen molar-refractivity contribution >= 4 is 0 Å². The molecule has 10 heavy (non-hydrogen) atoms. The maximum absolute atomic E-state index is 3.74. The van der Waals surface area contributed by atoms with Gasteiger partial charge in [0.15, 0.2) is 0 Å². The van der Waals surface area contributed by atoms with Crippen LogP contribution in [0.1, 0.15) is 13.3 Å². The fourth-order valence-corrected chi connectivity index (χ4v) is 0.340. The summed E-state index contributed by atoms with van der Waals surface area (Å²) in [5.74, 6) is 0. The number of hydrogen-bond donors (Lipinski definition) is 0. The molecule has 0 N–H and O–H groups in total. The fraction of sp³-hybridized carbons (Fsp3) is 0.500. The van der Waals surface area contributed by atoms with Crippen LogP contribution in [0, 0.1) is 6.08 Å². The average Bonchev–Trinajstić information content (AvgIpc) is 2.43. The molecule has 0 radical (unpaired) electrons. The number of rotatable bonds is 1. The monoisotopic (exact) mass is 303 g/mol. The zero-order valence-corrected chi connectivity index (χ0v) is 10.2. The summed E-state index contributed by atoms with van der Waals surface area (Å²) in [7, 11) is 1.81. The molecule has 0 aromatic heterocycles. The molecule has 0 bridgehead atoms. The first-order valence-electron chi connectivity index (χ1n) is 3.19. The molecule has 0 aliphatic heterocycles. The van der Waals surface area contributed by atoms with E-state index >= 15 is 0 Å². The van der Waals surface area contributed by atoms with Gasteiger partial charge in [0.25, 0.3) is 0 Å². The molecule has 0 heterocycles. The van der Waals surface area contributed by atoms with E-state index in [1.54, 1.807) is 7.05 Å². The largest absolute Gasteiger partial charge is 0.665 e. The quantitative estimate of drug-likeness (QED) is 0.521. The van der Waals surface area contributed by atoms with Crippen LogP contribution >= 0.6 is 0 Å². The van der Waals surface area contributed by atoms with Crippen LogP contribution in [-0.4, -0.2) is 13.6 Å². The van der Waals surface area contributed by atoms with Crippen molar-refractivity contribution in [2.24, 2.45) is 0 Å². The molecular formula is C8H13HfN-2. The Morgan fingerprint density at radius 3 is 2.30 bits per heavy atom. The van der Waals surface area contributed by atoms with E-state index in [1.165, 1.54) is 0 Å². The topological polar surface area (TPSA) is 14.1 Å². The number of hydrogen-bond acceptors (Lipinski definition) is 0. The van der Waals surface area contributed by atoms with Crippen molar-refractivity contribution in [3.8, 4) is 0 Å². The van der Waals surface area contributed by atoms with Gasteiger partial charge in [-0.2, -0.15) is 19.7 Å². The van der Waals surface area contributed by atoms with Gasteiger partial charge in [-0.15, -0.1) is 6.42 Å². The molecule has 0 amide bonds. The Kier molecular flexibility index (Phi) is 15.6. The van der Waals surface area contributed by atoms with Crippen molar-refractivity contribution in [1.29, 1.82) is 0 Å². The van der Waals surface area contributed by atoms with Crippen molar-refractivity contribution in [3.63, 3.8) is 0 Å². The summed E-state index contributed by atoms with van der Waals surface area (Å²) in [5.41, 5.74) is 0. The molecule has 0 aromatic carbocycles. The van der Waals surface area contributed by atoms with Gasteiger partial charge in [-0.1, -0.05) is 6.92 Å². The Morgan fingerprint density at radius 1 is 1.60 bits per heavy atom. The molecule has 1 aliphatic carbocycles. The Hall–Kier alpha value is 0.310. The van der Waals surface area contributed by atoms with Gasteiger partial charge in [0.2, 0.25) is 0 Å². The molecular weight excluding hydrogens is 289 g/mol. The van der Waals surface area contributed by atoms with Gasteiger partial charge in [0.05, 0.1) is 0 Å². The molecule has 0 saturated heterocycles. The molecule has 1 rings (SSSR count). The summed E-state index contributed by atoms with van der Waals surface area (Å²) < 4.78 is 0. The second-order valence-corrected chi connectivity index (χ2v) is 1.64. The maximum Gasteiger partial charge on any atom is 0 e. The minimum absolute atomic E-state index is 0. The molecule has 0 saturated carbocycles. The minimum atomic E-state index is 0. The summed E-state index contributed by atoms with van der Waals surface area (Å²) in [4.78, 5) is 0. The van der Waals surface area contributed by atoms with E-state index in [0.717, 1.165) is 13.0 Å². The number of allylic oxidation sites excluding steroid dienone is 4. The van der Waals surface area contributed by atoms with Gasteiger partial charge in [0, 0.05) is 25.8 Å². The summed E-state index contributed by atoms with van der Waals surface area (Å²) in [5, 5.41) is 3.74. The van der Waals surface area contributed by atoms with Crippen LogP contribution in [0.2, 0.25) is 0 Å². The smallest absolute Gasteiger partial charge is 0 e. The molecule has 0 spiro atoms. The van der Waals surface area contributed by atoms with E-state index in [0.29, 0.717) is 0 Å². The average molecular weight is 302 g/mol. The standard InChI is InChI=1S/C5H5.C3H8N.Hf/c1-2-4-5-3-1;1-3-4-2;/h1-3H,4H2;3H2,1-2H3;/q2*-1;. The van der Waals surface area contributed by atoms with Crippen LogP contribution in [0.15, 0.2) is 18.2 Å². The van der Waals surface area contributed by atoms with Crippen molar-refractivity contribution in [2.45, 2.75) is 13.3 Å². The fourth-order valence-electron chi connectivity index (χ4n) is 0.340. The Balaban J connectivity index is 0. The van der Waals surface area contributed by atoms with Crippen LogP contribution in [0.25, 0.3) is 5.32 Å².